The third-order valence-electron chi connectivity index (χ3n) is 3.32. The highest BCUT2D eigenvalue weighted by atomic mass is 16.1. The number of carbonyl (C=O) groups excluding carboxylic acids is 1. The van der Waals surface area contributed by atoms with Gasteiger partial charge in [0.15, 0.2) is 0 Å². The lowest BCUT2D eigenvalue weighted by molar-refractivity contribution is -0.114. The van der Waals surface area contributed by atoms with Gasteiger partial charge in [0.25, 0.3) is 0 Å². The molecule has 3 heteroatoms. The average molecular weight is 268 g/mol. The third-order valence-corrected chi connectivity index (χ3v) is 3.32. The van der Waals surface area contributed by atoms with E-state index >= 15 is 0 Å². The van der Waals surface area contributed by atoms with Gasteiger partial charge in [-0.1, -0.05) is 24.3 Å². The van der Waals surface area contributed by atoms with Crippen molar-refractivity contribution < 1.29 is 4.79 Å². The molecule has 0 aromatic heterocycles. The van der Waals surface area contributed by atoms with E-state index in [1.807, 2.05) is 24.3 Å². The van der Waals surface area contributed by atoms with E-state index in [0.29, 0.717) is 6.54 Å². The van der Waals surface area contributed by atoms with Gasteiger partial charge in [0, 0.05) is 24.8 Å². The van der Waals surface area contributed by atoms with Crippen LogP contribution in [0.1, 0.15) is 23.6 Å². The summed E-state index contributed by atoms with van der Waals surface area (Å²) in [7, 11) is 0. The third kappa shape index (κ3) is 3.60. The van der Waals surface area contributed by atoms with Crippen LogP contribution in [-0.2, 0) is 11.3 Å². The van der Waals surface area contributed by atoms with Crippen molar-refractivity contribution in [2.75, 3.05) is 10.6 Å². The Morgan fingerprint density at radius 3 is 2.50 bits per heavy atom. The standard InChI is InChI=1S/C17H20N2O/c1-12-8-9-16(10-13(12)2)18-11-15-6-4-5-7-17(15)19-14(3)20/h4-10,18H,11H2,1-3H3,(H,19,20). The topological polar surface area (TPSA) is 41.1 Å². The molecule has 0 unspecified atom stereocenters. The summed E-state index contributed by atoms with van der Waals surface area (Å²) in [5, 5.41) is 6.24. The van der Waals surface area contributed by atoms with E-state index in [4.69, 9.17) is 0 Å². The van der Waals surface area contributed by atoms with Crippen LogP contribution in [0.25, 0.3) is 0 Å². The second-order valence-electron chi connectivity index (χ2n) is 4.99. The first-order valence-electron chi connectivity index (χ1n) is 6.73. The van der Waals surface area contributed by atoms with Gasteiger partial charge in [0.05, 0.1) is 0 Å². The molecule has 2 N–H and O–H groups in total. The molecule has 0 saturated carbocycles. The number of rotatable bonds is 4. The van der Waals surface area contributed by atoms with Crippen molar-refractivity contribution in [3.63, 3.8) is 0 Å². The lowest BCUT2D eigenvalue weighted by Crippen LogP contribution is -2.10. The van der Waals surface area contributed by atoms with Crippen molar-refractivity contribution in [3.8, 4) is 0 Å². The molecule has 0 aliphatic rings. The van der Waals surface area contributed by atoms with E-state index in [-0.39, 0.29) is 5.91 Å². The van der Waals surface area contributed by atoms with Crippen molar-refractivity contribution in [1.82, 2.24) is 0 Å². The molecule has 0 atom stereocenters. The van der Waals surface area contributed by atoms with Crippen LogP contribution in [0, 0.1) is 13.8 Å². The second-order valence-corrected chi connectivity index (χ2v) is 4.99. The molecule has 1 amide bonds. The van der Waals surface area contributed by atoms with Gasteiger partial charge in [-0.2, -0.15) is 0 Å². The molecule has 2 aromatic carbocycles. The van der Waals surface area contributed by atoms with E-state index in [1.165, 1.54) is 18.1 Å². The van der Waals surface area contributed by atoms with Crippen LogP contribution >= 0.6 is 0 Å². The number of benzene rings is 2. The van der Waals surface area contributed by atoms with Gasteiger partial charge in [-0.25, -0.2) is 0 Å². The first-order valence-corrected chi connectivity index (χ1v) is 6.73. The predicted molar refractivity (Wildman–Crippen MR) is 84.0 cm³/mol. The Morgan fingerprint density at radius 1 is 1.05 bits per heavy atom. The Balaban J connectivity index is 2.10. The molecule has 20 heavy (non-hydrogen) atoms. The van der Waals surface area contributed by atoms with Crippen LogP contribution in [0.15, 0.2) is 42.5 Å². The predicted octanol–water partition coefficient (Wildman–Crippen LogP) is 3.87. The van der Waals surface area contributed by atoms with Gasteiger partial charge in [0.1, 0.15) is 0 Å². The first kappa shape index (κ1) is 14.1. The molecule has 0 saturated heterocycles. The smallest absolute Gasteiger partial charge is 0.221 e. The minimum Gasteiger partial charge on any atom is -0.381 e. The van der Waals surface area contributed by atoms with Crippen LogP contribution in [0.5, 0.6) is 0 Å². The zero-order chi connectivity index (χ0) is 14.5. The van der Waals surface area contributed by atoms with Gasteiger partial charge >= 0.3 is 0 Å². The van der Waals surface area contributed by atoms with E-state index in [9.17, 15) is 4.79 Å². The molecule has 104 valence electrons. The molecule has 0 aliphatic heterocycles. The molecule has 0 heterocycles. The Labute approximate surface area is 120 Å². The second kappa shape index (κ2) is 6.24. The molecule has 3 nitrogen and oxygen atoms in total. The van der Waals surface area contributed by atoms with Crippen molar-refractivity contribution >= 4 is 17.3 Å². The number of para-hydroxylation sites is 1. The normalized spacial score (nSPS) is 10.2. The molecule has 0 fully saturated rings. The zero-order valence-corrected chi connectivity index (χ0v) is 12.2. The van der Waals surface area contributed by atoms with Crippen LogP contribution < -0.4 is 10.6 Å². The molecule has 0 bridgehead atoms. The summed E-state index contributed by atoms with van der Waals surface area (Å²) < 4.78 is 0. The molecule has 0 radical (unpaired) electrons. The van der Waals surface area contributed by atoms with Crippen LogP contribution in [-0.4, -0.2) is 5.91 Å². The summed E-state index contributed by atoms with van der Waals surface area (Å²) in [5.74, 6) is -0.0522. The SMILES string of the molecule is CC(=O)Nc1ccccc1CNc1ccc(C)c(C)c1. The van der Waals surface area contributed by atoms with E-state index in [0.717, 1.165) is 16.9 Å². The molecule has 2 aromatic rings. The van der Waals surface area contributed by atoms with Gasteiger partial charge in [-0.05, 0) is 48.7 Å². The van der Waals surface area contributed by atoms with Gasteiger partial charge in [0.2, 0.25) is 5.91 Å². The summed E-state index contributed by atoms with van der Waals surface area (Å²) in [6, 6.07) is 14.1. The quantitative estimate of drug-likeness (QED) is 0.883. The highest BCUT2D eigenvalue weighted by molar-refractivity contribution is 5.89. The Bertz CT molecular complexity index is 620. The number of hydrogen-bond acceptors (Lipinski definition) is 2. The number of amides is 1. The highest BCUT2D eigenvalue weighted by Gasteiger charge is 2.03. The summed E-state index contributed by atoms with van der Waals surface area (Å²) >= 11 is 0. The maximum absolute atomic E-state index is 11.2. The molecular formula is C17H20N2O. The van der Waals surface area contributed by atoms with Crippen molar-refractivity contribution in [3.05, 3.63) is 59.2 Å². The van der Waals surface area contributed by atoms with E-state index < -0.39 is 0 Å². The summed E-state index contributed by atoms with van der Waals surface area (Å²) in [4.78, 5) is 11.2. The monoisotopic (exact) mass is 268 g/mol. The molecule has 2 rings (SSSR count). The van der Waals surface area contributed by atoms with Crippen LogP contribution in [0.4, 0.5) is 11.4 Å². The fourth-order valence-electron chi connectivity index (χ4n) is 2.03. The Morgan fingerprint density at radius 2 is 1.80 bits per heavy atom. The summed E-state index contributed by atoms with van der Waals surface area (Å²) in [6.45, 7) is 6.41. The number of carbonyl (C=O) groups is 1. The van der Waals surface area contributed by atoms with Crippen molar-refractivity contribution in [1.29, 1.82) is 0 Å². The summed E-state index contributed by atoms with van der Waals surface area (Å²) in [6.07, 6.45) is 0. The fraction of sp³-hybridized carbons (Fsp3) is 0.235. The number of nitrogens with one attached hydrogen (secondary N) is 2. The molecule has 0 spiro atoms. The number of anilines is 2. The minimum atomic E-state index is -0.0522. The van der Waals surface area contributed by atoms with E-state index in [2.05, 4.69) is 42.7 Å². The maximum Gasteiger partial charge on any atom is 0.221 e. The van der Waals surface area contributed by atoms with Crippen molar-refractivity contribution in [2.45, 2.75) is 27.3 Å². The average Bonchev–Trinajstić information content (AvgIpc) is 2.41. The molecule has 0 aliphatic carbocycles. The van der Waals surface area contributed by atoms with Crippen LogP contribution in [0.3, 0.4) is 0 Å². The number of aryl methyl sites for hydroxylation is 2. The fourth-order valence-corrected chi connectivity index (χ4v) is 2.03. The van der Waals surface area contributed by atoms with Gasteiger partial charge in [-0.15, -0.1) is 0 Å². The Hall–Kier alpha value is -2.29. The zero-order valence-electron chi connectivity index (χ0n) is 12.2. The van der Waals surface area contributed by atoms with Crippen molar-refractivity contribution in [2.24, 2.45) is 0 Å². The van der Waals surface area contributed by atoms with Crippen LogP contribution in [0.2, 0.25) is 0 Å². The number of hydrogen-bond donors (Lipinski definition) is 2. The van der Waals surface area contributed by atoms with Gasteiger partial charge in [-0.3, -0.25) is 4.79 Å². The maximum atomic E-state index is 11.2. The lowest BCUT2D eigenvalue weighted by Gasteiger charge is -2.12. The summed E-state index contributed by atoms with van der Waals surface area (Å²) in [5.41, 5.74) is 5.57. The Kier molecular flexibility index (Phi) is 4.41. The molecular weight excluding hydrogens is 248 g/mol. The minimum absolute atomic E-state index is 0.0522. The first-order chi connectivity index (χ1) is 9.56. The lowest BCUT2D eigenvalue weighted by atomic mass is 10.1. The highest BCUT2D eigenvalue weighted by Crippen LogP contribution is 2.19. The largest absolute Gasteiger partial charge is 0.381 e. The van der Waals surface area contributed by atoms with Gasteiger partial charge < -0.3 is 10.6 Å². The van der Waals surface area contributed by atoms with E-state index in [1.54, 1.807) is 0 Å².